The van der Waals surface area contributed by atoms with Crippen molar-refractivity contribution >= 4 is 11.9 Å². The van der Waals surface area contributed by atoms with Crippen molar-refractivity contribution in [1.82, 2.24) is 5.32 Å². The molecular weight excluding hydrogens is 227 g/mol. The predicted octanol–water partition coefficient (Wildman–Crippen LogP) is 0.774. The lowest BCUT2D eigenvalue weighted by Crippen LogP contribution is -2.38. The van der Waals surface area contributed by atoms with E-state index < -0.39 is 30.0 Å². The molecule has 90 valence electrons. The Labute approximate surface area is 88.8 Å². The van der Waals surface area contributed by atoms with Crippen molar-refractivity contribution in [2.75, 3.05) is 0 Å². The molecule has 7 heteroatoms. The zero-order valence-corrected chi connectivity index (χ0v) is 8.12. The van der Waals surface area contributed by atoms with Gasteiger partial charge in [0.2, 0.25) is 0 Å². The van der Waals surface area contributed by atoms with Gasteiger partial charge in [-0.15, -0.1) is 0 Å². The van der Waals surface area contributed by atoms with Crippen molar-refractivity contribution < 1.29 is 27.9 Å². The Balaban J connectivity index is 1.77. The Morgan fingerprint density at radius 3 is 2.25 bits per heavy atom. The second-order valence-electron chi connectivity index (χ2n) is 4.32. The van der Waals surface area contributed by atoms with Gasteiger partial charge in [-0.05, 0) is 24.7 Å². The van der Waals surface area contributed by atoms with Crippen LogP contribution < -0.4 is 5.32 Å². The van der Waals surface area contributed by atoms with Crippen LogP contribution in [0.4, 0.5) is 13.2 Å². The Hall–Kier alpha value is -1.27. The average Bonchev–Trinajstić information content (AvgIpc) is 2.93. The first-order valence-corrected chi connectivity index (χ1v) is 4.91. The smallest absolute Gasteiger partial charge is 0.471 e. The summed E-state index contributed by atoms with van der Waals surface area (Å²) in [5.41, 5.74) is 0. The van der Waals surface area contributed by atoms with Gasteiger partial charge in [-0.2, -0.15) is 13.2 Å². The standard InChI is InChI=1S/C9H10F3NO3/c10-9(11,12)8(16)13-6-2-4(6)3-1-5(3)7(14)15/h3-6H,1-2H2,(H,13,16)(H,14,15)/t3-,4+,5-,6+/m1/s1. The second kappa shape index (κ2) is 3.36. The molecule has 2 fully saturated rings. The molecule has 0 unspecified atom stereocenters. The second-order valence-corrected chi connectivity index (χ2v) is 4.32. The van der Waals surface area contributed by atoms with Gasteiger partial charge in [0, 0.05) is 6.04 Å². The summed E-state index contributed by atoms with van der Waals surface area (Å²) in [5, 5.41) is 10.5. The molecule has 0 radical (unpaired) electrons. The summed E-state index contributed by atoms with van der Waals surface area (Å²) in [6.07, 6.45) is -3.89. The maximum Gasteiger partial charge on any atom is 0.471 e. The van der Waals surface area contributed by atoms with E-state index in [-0.39, 0.29) is 11.8 Å². The zero-order valence-electron chi connectivity index (χ0n) is 8.12. The molecule has 0 spiro atoms. The van der Waals surface area contributed by atoms with Gasteiger partial charge in [-0.3, -0.25) is 9.59 Å². The Bertz CT molecular complexity index is 341. The summed E-state index contributed by atoms with van der Waals surface area (Å²) in [6.45, 7) is 0. The lowest BCUT2D eigenvalue weighted by Gasteiger charge is -2.06. The van der Waals surface area contributed by atoms with Crippen molar-refractivity contribution in [2.24, 2.45) is 17.8 Å². The van der Waals surface area contributed by atoms with Crippen LogP contribution in [-0.4, -0.2) is 29.2 Å². The number of carbonyl (C=O) groups excluding carboxylic acids is 1. The third-order valence-corrected chi connectivity index (χ3v) is 3.12. The van der Waals surface area contributed by atoms with E-state index in [1.54, 1.807) is 0 Å². The minimum absolute atomic E-state index is 0.0592. The van der Waals surface area contributed by atoms with Gasteiger partial charge in [0.05, 0.1) is 5.92 Å². The average molecular weight is 237 g/mol. The molecule has 1 amide bonds. The van der Waals surface area contributed by atoms with Gasteiger partial charge in [-0.1, -0.05) is 0 Å². The van der Waals surface area contributed by atoms with E-state index >= 15 is 0 Å². The quantitative estimate of drug-likeness (QED) is 0.762. The largest absolute Gasteiger partial charge is 0.481 e. The van der Waals surface area contributed by atoms with E-state index in [1.807, 2.05) is 5.32 Å². The van der Waals surface area contributed by atoms with Crippen molar-refractivity contribution in [1.29, 1.82) is 0 Å². The molecule has 0 saturated heterocycles. The van der Waals surface area contributed by atoms with E-state index in [9.17, 15) is 22.8 Å². The number of rotatable bonds is 3. The van der Waals surface area contributed by atoms with Gasteiger partial charge in [-0.25, -0.2) is 0 Å². The minimum Gasteiger partial charge on any atom is -0.481 e. The molecule has 4 atom stereocenters. The highest BCUT2D eigenvalue weighted by Gasteiger charge is 2.57. The van der Waals surface area contributed by atoms with Gasteiger partial charge in [0.25, 0.3) is 0 Å². The highest BCUT2D eigenvalue weighted by molar-refractivity contribution is 5.82. The first-order chi connectivity index (χ1) is 7.30. The molecule has 2 saturated carbocycles. The van der Waals surface area contributed by atoms with E-state index in [4.69, 9.17) is 5.11 Å². The summed E-state index contributed by atoms with van der Waals surface area (Å²) < 4.78 is 35.6. The van der Waals surface area contributed by atoms with Crippen molar-refractivity contribution in [3.8, 4) is 0 Å². The SMILES string of the molecule is O=C(O)[C@@H]1C[C@@H]1[C@@H]1C[C@@H]1NC(=O)C(F)(F)F. The monoisotopic (exact) mass is 237 g/mol. The lowest BCUT2D eigenvalue weighted by molar-refractivity contribution is -0.173. The molecule has 2 rings (SSSR count). The fourth-order valence-corrected chi connectivity index (χ4v) is 2.08. The van der Waals surface area contributed by atoms with E-state index in [1.165, 1.54) is 0 Å². The molecule has 2 aliphatic carbocycles. The maximum absolute atomic E-state index is 11.9. The van der Waals surface area contributed by atoms with Crippen molar-refractivity contribution in [3.63, 3.8) is 0 Å². The minimum atomic E-state index is -4.86. The molecule has 0 aliphatic heterocycles. The van der Waals surface area contributed by atoms with Gasteiger partial charge in [0.1, 0.15) is 0 Å². The number of carboxylic acids is 1. The van der Waals surface area contributed by atoms with Crippen molar-refractivity contribution in [3.05, 3.63) is 0 Å². The fourth-order valence-electron chi connectivity index (χ4n) is 2.08. The van der Waals surface area contributed by atoms with Gasteiger partial charge >= 0.3 is 18.1 Å². The van der Waals surface area contributed by atoms with Crippen LogP contribution in [0.15, 0.2) is 0 Å². The van der Waals surface area contributed by atoms with Crippen LogP contribution >= 0.6 is 0 Å². The summed E-state index contributed by atoms with van der Waals surface area (Å²) in [7, 11) is 0. The molecule has 2 N–H and O–H groups in total. The number of hydrogen-bond donors (Lipinski definition) is 2. The summed E-state index contributed by atoms with van der Waals surface area (Å²) in [4.78, 5) is 21.1. The van der Waals surface area contributed by atoms with Crippen LogP contribution in [0.5, 0.6) is 0 Å². The predicted molar refractivity (Wildman–Crippen MR) is 45.3 cm³/mol. The summed E-state index contributed by atoms with van der Waals surface area (Å²) in [5.74, 6) is -3.42. The molecule has 16 heavy (non-hydrogen) atoms. The number of halogens is 3. The fraction of sp³-hybridized carbons (Fsp3) is 0.778. The van der Waals surface area contributed by atoms with Gasteiger partial charge in [0.15, 0.2) is 0 Å². The highest BCUT2D eigenvalue weighted by atomic mass is 19.4. The van der Waals surface area contributed by atoms with E-state index in [0.717, 1.165) is 0 Å². The summed E-state index contributed by atoms with van der Waals surface area (Å²) >= 11 is 0. The third kappa shape index (κ3) is 2.12. The third-order valence-electron chi connectivity index (χ3n) is 3.12. The van der Waals surface area contributed by atoms with Crippen LogP contribution in [0.2, 0.25) is 0 Å². The number of carboxylic acid groups (broad SMARTS) is 1. The van der Waals surface area contributed by atoms with E-state index in [2.05, 4.69) is 0 Å². The number of nitrogens with one attached hydrogen (secondary N) is 1. The molecule has 0 aromatic heterocycles. The Kier molecular flexibility index (Phi) is 2.36. The van der Waals surface area contributed by atoms with Crippen LogP contribution in [0.1, 0.15) is 12.8 Å². The van der Waals surface area contributed by atoms with Gasteiger partial charge < -0.3 is 10.4 Å². The first kappa shape index (κ1) is 11.2. The number of hydrogen-bond acceptors (Lipinski definition) is 2. The number of aliphatic carboxylic acids is 1. The molecule has 0 aromatic carbocycles. The molecular formula is C9H10F3NO3. The summed E-state index contributed by atoms with van der Waals surface area (Å²) in [6, 6.07) is -0.497. The van der Waals surface area contributed by atoms with Crippen LogP contribution in [0.3, 0.4) is 0 Å². The number of alkyl halides is 3. The van der Waals surface area contributed by atoms with Crippen LogP contribution in [0.25, 0.3) is 0 Å². The molecule has 2 aliphatic rings. The zero-order chi connectivity index (χ0) is 12.1. The Morgan fingerprint density at radius 2 is 1.81 bits per heavy atom. The molecule has 0 bridgehead atoms. The first-order valence-electron chi connectivity index (χ1n) is 4.91. The number of carbonyl (C=O) groups is 2. The highest BCUT2D eigenvalue weighted by Crippen LogP contribution is 2.54. The molecule has 4 nitrogen and oxygen atoms in total. The molecule has 0 heterocycles. The normalized spacial score (nSPS) is 36.7. The number of amides is 1. The van der Waals surface area contributed by atoms with Crippen molar-refractivity contribution in [2.45, 2.75) is 25.1 Å². The van der Waals surface area contributed by atoms with E-state index in [0.29, 0.717) is 12.8 Å². The molecule has 0 aromatic rings. The van der Waals surface area contributed by atoms with Crippen LogP contribution in [-0.2, 0) is 9.59 Å². The lowest BCUT2D eigenvalue weighted by atomic mass is 10.2. The Morgan fingerprint density at radius 1 is 1.19 bits per heavy atom. The topological polar surface area (TPSA) is 66.4 Å². The van der Waals surface area contributed by atoms with Crippen LogP contribution in [0, 0.1) is 17.8 Å². The maximum atomic E-state index is 11.9.